The molecule has 2 unspecified atom stereocenters. The molecular weight excluding hydrogens is 206 g/mol. The Balaban J connectivity index is 2.24. The molecular formula is C12H21NOS. The minimum atomic E-state index is -0.197. The van der Waals surface area contributed by atoms with Gasteiger partial charge in [-0.2, -0.15) is 0 Å². The van der Waals surface area contributed by atoms with Gasteiger partial charge in [0.05, 0.1) is 6.10 Å². The molecule has 0 saturated heterocycles. The third-order valence-electron chi connectivity index (χ3n) is 2.52. The average molecular weight is 227 g/mol. The first kappa shape index (κ1) is 12.7. The summed E-state index contributed by atoms with van der Waals surface area (Å²) in [6, 6.07) is 4.83. The molecule has 1 rings (SSSR count). The van der Waals surface area contributed by atoms with Gasteiger partial charge >= 0.3 is 0 Å². The second-order valence-electron chi connectivity index (χ2n) is 3.98. The quantitative estimate of drug-likeness (QED) is 0.750. The standard InChI is InChI=1S/C12H21NOS/c1-3-11(13-7-6-10(2)14)9-12-5-4-8-15-12/h4-5,8,10-11,13-14H,3,6-7,9H2,1-2H3. The van der Waals surface area contributed by atoms with Gasteiger partial charge in [-0.05, 0) is 44.2 Å². The summed E-state index contributed by atoms with van der Waals surface area (Å²) in [5.74, 6) is 0. The summed E-state index contributed by atoms with van der Waals surface area (Å²) in [7, 11) is 0. The van der Waals surface area contributed by atoms with Crippen LogP contribution < -0.4 is 5.32 Å². The van der Waals surface area contributed by atoms with Gasteiger partial charge in [-0.3, -0.25) is 0 Å². The van der Waals surface area contributed by atoms with Crippen molar-refractivity contribution in [3.63, 3.8) is 0 Å². The lowest BCUT2D eigenvalue weighted by Gasteiger charge is -2.16. The van der Waals surface area contributed by atoms with Crippen LogP contribution in [-0.4, -0.2) is 23.8 Å². The first-order valence-corrected chi connectivity index (χ1v) is 6.54. The van der Waals surface area contributed by atoms with Crippen LogP contribution in [0.3, 0.4) is 0 Å². The van der Waals surface area contributed by atoms with Gasteiger partial charge in [0, 0.05) is 10.9 Å². The molecule has 0 fully saturated rings. The number of thiophene rings is 1. The van der Waals surface area contributed by atoms with E-state index in [4.69, 9.17) is 5.11 Å². The molecule has 0 bridgehead atoms. The van der Waals surface area contributed by atoms with Crippen molar-refractivity contribution in [2.24, 2.45) is 0 Å². The summed E-state index contributed by atoms with van der Waals surface area (Å²) in [5, 5.41) is 14.8. The van der Waals surface area contributed by atoms with E-state index >= 15 is 0 Å². The van der Waals surface area contributed by atoms with E-state index in [0.29, 0.717) is 6.04 Å². The lowest BCUT2D eigenvalue weighted by molar-refractivity contribution is 0.182. The number of hydrogen-bond donors (Lipinski definition) is 2. The number of nitrogens with one attached hydrogen (secondary N) is 1. The molecule has 1 aromatic heterocycles. The molecule has 2 atom stereocenters. The van der Waals surface area contributed by atoms with E-state index in [1.54, 1.807) is 0 Å². The second-order valence-corrected chi connectivity index (χ2v) is 5.01. The first-order valence-electron chi connectivity index (χ1n) is 5.66. The zero-order chi connectivity index (χ0) is 11.1. The van der Waals surface area contributed by atoms with Crippen molar-refractivity contribution in [1.29, 1.82) is 0 Å². The molecule has 2 N–H and O–H groups in total. The van der Waals surface area contributed by atoms with Crippen LogP contribution in [0, 0.1) is 0 Å². The van der Waals surface area contributed by atoms with E-state index in [1.165, 1.54) is 4.88 Å². The number of hydrogen-bond acceptors (Lipinski definition) is 3. The van der Waals surface area contributed by atoms with E-state index < -0.39 is 0 Å². The summed E-state index contributed by atoms with van der Waals surface area (Å²) in [5.41, 5.74) is 0. The normalized spacial score (nSPS) is 15.1. The monoisotopic (exact) mass is 227 g/mol. The van der Waals surface area contributed by atoms with E-state index in [1.807, 2.05) is 18.3 Å². The molecule has 1 aromatic rings. The third kappa shape index (κ3) is 5.30. The summed E-state index contributed by atoms with van der Waals surface area (Å²) >= 11 is 1.82. The molecule has 2 nitrogen and oxygen atoms in total. The molecule has 1 heterocycles. The van der Waals surface area contributed by atoms with E-state index in [9.17, 15) is 0 Å². The zero-order valence-corrected chi connectivity index (χ0v) is 10.4. The molecule has 0 saturated carbocycles. The first-order chi connectivity index (χ1) is 7.22. The van der Waals surface area contributed by atoms with Crippen molar-refractivity contribution in [2.45, 2.75) is 45.3 Å². The maximum Gasteiger partial charge on any atom is 0.0524 e. The molecule has 0 aliphatic carbocycles. The molecule has 0 spiro atoms. The highest BCUT2D eigenvalue weighted by Gasteiger charge is 2.07. The number of rotatable bonds is 7. The number of aliphatic hydroxyl groups excluding tert-OH is 1. The van der Waals surface area contributed by atoms with E-state index in [0.717, 1.165) is 25.8 Å². The van der Waals surface area contributed by atoms with Crippen molar-refractivity contribution in [3.8, 4) is 0 Å². The fourth-order valence-corrected chi connectivity index (χ4v) is 2.32. The van der Waals surface area contributed by atoms with Gasteiger partial charge in [-0.1, -0.05) is 13.0 Å². The highest BCUT2D eigenvalue weighted by Crippen LogP contribution is 2.12. The fourth-order valence-electron chi connectivity index (χ4n) is 1.53. The van der Waals surface area contributed by atoms with Crippen LogP contribution in [0.15, 0.2) is 17.5 Å². The second kappa shape index (κ2) is 6.99. The Morgan fingerprint density at radius 1 is 1.53 bits per heavy atom. The SMILES string of the molecule is CCC(Cc1cccs1)NCCC(C)O. The number of aliphatic hydroxyl groups is 1. The maximum atomic E-state index is 9.16. The lowest BCUT2D eigenvalue weighted by Crippen LogP contribution is -2.32. The third-order valence-corrected chi connectivity index (χ3v) is 3.41. The van der Waals surface area contributed by atoms with Crippen molar-refractivity contribution < 1.29 is 5.11 Å². The molecule has 0 aromatic carbocycles. The van der Waals surface area contributed by atoms with Gasteiger partial charge in [0.25, 0.3) is 0 Å². The molecule has 3 heteroatoms. The molecule has 86 valence electrons. The Morgan fingerprint density at radius 3 is 2.87 bits per heavy atom. The molecule has 0 aliphatic rings. The highest BCUT2D eigenvalue weighted by atomic mass is 32.1. The Bertz CT molecular complexity index is 246. The lowest BCUT2D eigenvalue weighted by atomic mass is 10.1. The van der Waals surface area contributed by atoms with Crippen LogP contribution in [0.5, 0.6) is 0 Å². The predicted octanol–water partition coefficient (Wildman–Crippen LogP) is 2.43. The van der Waals surface area contributed by atoms with Gasteiger partial charge < -0.3 is 10.4 Å². The van der Waals surface area contributed by atoms with Crippen LogP contribution in [0.2, 0.25) is 0 Å². The highest BCUT2D eigenvalue weighted by molar-refractivity contribution is 7.09. The van der Waals surface area contributed by atoms with Gasteiger partial charge in [0.15, 0.2) is 0 Å². The summed E-state index contributed by atoms with van der Waals surface area (Å²) in [6.07, 6.45) is 2.88. The Kier molecular flexibility index (Phi) is 5.91. The minimum absolute atomic E-state index is 0.197. The largest absolute Gasteiger partial charge is 0.393 e. The zero-order valence-electron chi connectivity index (χ0n) is 9.57. The molecule has 0 aliphatic heterocycles. The van der Waals surface area contributed by atoms with Crippen LogP contribution in [-0.2, 0) is 6.42 Å². The van der Waals surface area contributed by atoms with Gasteiger partial charge in [0.1, 0.15) is 0 Å². The smallest absolute Gasteiger partial charge is 0.0524 e. The molecule has 0 amide bonds. The van der Waals surface area contributed by atoms with Crippen LogP contribution in [0.1, 0.15) is 31.6 Å². The summed E-state index contributed by atoms with van der Waals surface area (Å²) < 4.78 is 0. The van der Waals surface area contributed by atoms with Gasteiger partial charge in [0.2, 0.25) is 0 Å². The Morgan fingerprint density at radius 2 is 2.33 bits per heavy atom. The van der Waals surface area contributed by atoms with Crippen molar-refractivity contribution in [3.05, 3.63) is 22.4 Å². The minimum Gasteiger partial charge on any atom is -0.393 e. The Hall–Kier alpha value is -0.380. The average Bonchev–Trinajstić information content (AvgIpc) is 2.68. The van der Waals surface area contributed by atoms with Crippen molar-refractivity contribution in [2.75, 3.05) is 6.54 Å². The van der Waals surface area contributed by atoms with Crippen LogP contribution >= 0.6 is 11.3 Å². The summed E-state index contributed by atoms with van der Waals surface area (Å²) in [4.78, 5) is 1.44. The molecule has 15 heavy (non-hydrogen) atoms. The topological polar surface area (TPSA) is 32.3 Å². The fraction of sp³-hybridized carbons (Fsp3) is 0.667. The van der Waals surface area contributed by atoms with Gasteiger partial charge in [-0.25, -0.2) is 0 Å². The van der Waals surface area contributed by atoms with E-state index in [2.05, 4.69) is 29.8 Å². The summed E-state index contributed by atoms with van der Waals surface area (Å²) in [6.45, 7) is 4.94. The maximum absolute atomic E-state index is 9.16. The predicted molar refractivity (Wildman–Crippen MR) is 66.4 cm³/mol. The van der Waals surface area contributed by atoms with Crippen LogP contribution in [0.25, 0.3) is 0 Å². The van der Waals surface area contributed by atoms with Crippen molar-refractivity contribution in [1.82, 2.24) is 5.32 Å². The van der Waals surface area contributed by atoms with Crippen molar-refractivity contribution >= 4 is 11.3 Å². The Labute approximate surface area is 96.3 Å². The van der Waals surface area contributed by atoms with Crippen LogP contribution in [0.4, 0.5) is 0 Å². The molecule has 0 radical (unpaired) electrons. The van der Waals surface area contributed by atoms with Gasteiger partial charge in [-0.15, -0.1) is 11.3 Å². The van der Waals surface area contributed by atoms with E-state index in [-0.39, 0.29) is 6.10 Å².